The first-order chi connectivity index (χ1) is 9.32. The van der Waals surface area contributed by atoms with Crippen LogP contribution in [0.1, 0.15) is 19.4 Å². The van der Waals surface area contributed by atoms with Crippen molar-refractivity contribution < 1.29 is 9.84 Å². The van der Waals surface area contributed by atoms with E-state index in [1.165, 1.54) is 4.68 Å². The molecule has 2 rings (SSSR count). The zero-order valence-corrected chi connectivity index (χ0v) is 12.0. The molecule has 0 fully saturated rings. The second-order valence-corrected chi connectivity index (χ2v) is 5.16. The average Bonchev–Trinajstić information content (AvgIpc) is 2.40. The molecule has 2 aromatic rings. The van der Waals surface area contributed by atoms with Crippen molar-refractivity contribution in [1.82, 2.24) is 9.78 Å². The fourth-order valence-corrected chi connectivity index (χ4v) is 1.97. The van der Waals surface area contributed by atoms with E-state index in [1.54, 1.807) is 34.1 Å². The van der Waals surface area contributed by atoms with Crippen molar-refractivity contribution >= 4 is 0 Å². The van der Waals surface area contributed by atoms with Crippen LogP contribution in [0.15, 0.2) is 35.1 Å². The van der Waals surface area contributed by atoms with Gasteiger partial charge in [0.05, 0.1) is 24.0 Å². The highest BCUT2D eigenvalue weighted by Crippen LogP contribution is 2.24. The summed E-state index contributed by atoms with van der Waals surface area (Å²) in [5.74, 6) is 0.711. The van der Waals surface area contributed by atoms with E-state index in [9.17, 15) is 9.90 Å². The molecule has 1 aromatic carbocycles. The van der Waals surface area contributed by atoms with Crippen molar-refractivity contribution in [1.29, 1.82) is 0 Å². The smallest absolute Gasteiger partial charge is 0.272 e. The molecule has 5 heteroatoms. The Morgan fingerprint density at radius 1 is 1.30 bits per heavy atom. The van der Waals surface area contributed by atoms with Gasteiger partial charge in [-0.3, -0.25) is 4.79 Å². The fourth-order valence-electron chi connectivity index (χ4n) is 1.97. The van der Waals surface area contributed by atoms with Gasteiger partial charge in [0.25, 0.3) is 5.56 Å². The summed E-state index contributed by atoms with van der Waals surface area (Å²) in [6.07, 6.45) is 0. The van der Waals surface area contributed by atoms with Crippen LogP contribution in [0.4, 0.5) is 0 Å². The Kier molecular flexibility index (Phi) is 3.63. The highest BCUT2D eigenvalue weighted by Gasteiger charge is 2.22. The molecule has 0 aliphatic carbocycles. The van der Waals surface area contributed by atoms with Crippen molar-refractivity contribution in [2.45, 2.75) is 19.4 Å². The van der Waals surface area contributed by atoms with E-state index in [-0.39, 0.29) is 5.56 Å². The molecule has 0 saturated carbocycles. The number of nitrogens with zero attached hydrogens (tertiary/aromatic N) is 2. The van der Waals surface area contributed by atoms with Crippen molar-refractivity contribution in [3.63, 3.8) is 0 Å². The molecule has 0 saturated heterocycles. The number of aromatic nitrogens is 2. The third-order valence-corrected chi connectivity index (χ3v) is 3.09. The van der Waals surface area contributed by atoms with Crippen LogP contribution in [0.25, 0.3) is 11.3 Å². The molecule has 1 aromatic heterocycles. The van der Waals surface area contributed by atoms with Crippen molar-refractivity contribution in [2.75, 3.05) is 7.11 Å². The number of aryl methyl sites for hydroxylation is 1. The molecule has 0 atom stereocenters. The van der Waals surface area contributed by atoms with E-state index < -0.39 is 5.60 Å². The Morgan fingerprint density at radius 2 is 2.00 bits per heavy atom. The van der Waals surface area contributed by atoms with E-state index in [2.05, 4.69) is 5.10 Å². The quantitative estimate of drug-likeness (QED) is 0.925. The Hall–Kier alpha value is -2.14. The summed E-state index contributed by atoms with van der Waals surface area (Å²) in [7, 11) is 3.16. The lowest BCUT2D eigenvalue weighted by Gasteiger charge is -2.18. The van der Waals surface area contributed by atoms with Crippen LogP contribution < -0.4 is 10.3 Å². The second-order valence-electron chi connectivity index (χ2n) is 5.16. The molecule has 1 heterocycles. The minimum Gasteiger partial charge on any atom is -0.497 e. The van der Waals surface area contributed by atoms with Crippen molar-refractivity contribution in [3.05, 3.63) is 46.2 Å². The second kappa shape index (κ2) is 5.09. The third kappa shape index (κ3) is 2.72. The van der Waals surface area contributed by atoms with Gasteiger partial charge in [-0.15, -0.1) is 0 Å². The maximum absolute atomic E-state index is 12.0. The molecule has 20 heavy (non-hydrogen) atoms. The van der Waals surface area contributed by atoms with Gasteiger partial charge in [-0.2, -0.15) is 5.10 Å². The lowest BCUT2D eigenvalue weighted by Crippen LogP contribution is -2.32. The largest absolute Gasteiger partial charge is 0.497 e. The van der Waals surface area contributed by atoms with Crippen LogP contribution in [0.3, 0.4) is 0 Å². The first-order valence-electron chi connectivity index (χ1n) is 6.28. The molecule has 0 bridgehead atoms. The van der Waals surface area contributed by atoms with Crippen molar-refractivity contribution in [3.8, 4) is 17.0 Å². The maximum Gasteiger partial charge on any atom is 0.272 e. The Balaban J connectivity index is 2.64. The predicted octanol–water partition coefficient (Wildman–Crippen LogP) is 1.68. The molecule has 0 radical (unpaired) electrons. The molecule has 0 amide bonds. The lowest BCUT2D eigenvalue weighted by atomic mass is 9.98. The number of rotatable bonds is 3. The molecule has 106 valence electrons. The van der Waals surface area contributed by atoms with Gasteiger partial charge in [-0.1, -0.05) is 12.1 Å². The summed E-state index contributed by atoms with van der Waals surface area (Å²) < 4.78 is 6.42. The first kappa shape index (κ1) is 14.3. The van der Waals surface area contributed by atoms with E-state index in [4.69, 9.17) is 4.74 Å². The van der Waals surface area contributed by atoms with E-state index in [0.717, 1.165) is 5.56 Å². The number of benzene rings is 1. The van der Waals surface area contributed by atoms with Crippen LogP contribution in [0.2, 0.25) is 0 Å². The van der Waals surface area contributed by atoms with Gasteiger partial charge < -0.3 is 9.84 Å². The first-order valence-corrected chi connectivity index (χ1v) is 6.28. The highest BCUT2D eigenvalue weighted by molar-refractivity contribution is 5.61. The Bertz CT molecular complexity index is 684. The van der Waals surface area contributed by atoms with Gasteiger partial charge in [-0.25, -0.2) is 4.68 Å². The maximum atomic E-state index is 12.0. The number of hydrogen-bond donors (Lipinski definition) is 1. The minimum atomic E-state index is -1.22. The summed E-state index contributed by atoms with van der Waals surface area (Å²) in [5, 5.41) is 14.3. The van der Waals surface area contributed by atoms with Crippen molar-refractivity contribution in [2.24, 2.45) is 7.05 Å². The summed E-state index contributed by atoms with van der Waals surface area (Å²) in [5.41, 5.74) is 0.233. The Labute approximate surface area is 117 Å². The topological polar surface area (TPSA) is 64.3 Å². The van der Waals surface area contributed by atoms with E-state index >= 15 is 0 Å². The minimum absolute atomic E-state index is 0.302. The number of methoxy groups -OCH3 is 1. The molecule has 0 aliphatic heterocycles. The SMILES string of the molecule is COc1cccc(-c2cc(C(C)(C)O)c(=O)n(C)n2)c1. The zero-order valence-electron chi connectivity index (χ0n) is 12.0. The zero-order chi connectivity index (χ0) is 14.9. The van der Waals surface area contributed by atoms with Crippen LogP contribution in [-0.4, -0.2) is 22.0 Å². The standard InChI is InChI=1S/C15H18N2O3/c1-15(2,19)12-9-13(16-17(3)14(12)18)10-6-5-7-11(8-10)20-4/h5-9,19H,1-4H3. The van der Waals surface area contributed by atoms with Crippen LogP contribution in [-0.2, 0) is 12.6 Å². The molecule has 5 nitrogen and oxygen atoms in total. The predicted molar refractivity (Wildman–Crippen MR) is 76.7 cm³/mol. The van der Waals surface area contributed by atoms with E-state index in [1.807, 2.05) is 24.3 Å². The molecule has 0 aliphatic rings. The van der Waals surface area contributed by atoms with Gasteiger partial charge >= 0.3 is 0 Å². The van der Waals surface area contributed by atoms with Gasteiger partial charge in [-0.05, 0) is 32.0 Å². The van der Waals surface area contributed by atoms with Gasteiger partial charge in [0.2, 0.25) is 0 Å². The molecule has 0 spiro atoms. The van der Waals surface area contributed by atoms with Crippen LogP contribution >= 0.6 is 0 Å². The number of hydrogen-bond acceptors (Lipinski definition) is 4. The number of aliphatic hydroxyl groups is 1. The van der Waals surface area contributed by atoms with Crippen LogP contribution in [0.5, 0.6) is 5.75 Å². The lowest BCUT2D eigenvalue weighted by molar-refractivity contribution is 0.0763. The summed E-state index contributed by atoms with van der Waals surface area (Å²) >= 11 is 0. The number of ether oxygens (including phenoxy) is 1. The van der Waals surface area contributed by atoms with Gasteiger partial charge in [0, 0.05) is 12.6 Å². The highest BCUT2D eigenvalue weighted by atomic mass is 16.5. The summed E-state index contributed by atoms with van der Waals surface area (Å²) in [6, 6.07) is 9.02. The molecular weight excluding hydrogens is 256 g/mol. The average molecular weight is 274 g/mol. The third-order valence-electron chi connectivity index (χ3n) is 3.09. The van der Waals surface area contributed by atoms with Crippen LogP contribution in [0, 0.1) is 0 Å². The molecular formula is C15H18N2O3. The molecule has 0 unspecified atom stereocenters. The molecule has 1 N–H and O–H groups in total. The van der Waals surface area contributed by atoms with E-state index in [0.29, 0.717) is 17.0 Å². The van der Waals surface area contributed by atoms with Gasteiger partial charge in [0.15, 0.2) is 0 Å². The Morgan fingerprint density at radius 3 is 2.60 bits per heavy atom. The monoisotopic (exact) mass is 274 g/mol. The normalized spacial score (nSPS) is 11.4. The van der Waals surface area contributed by atoms with Gasteiger partial charge in [0.1, 0.15) is 5.75 Å². The summed E-state index contributed by atoms with van der Waals surface area (Å²) in [6.45, 7) is 3.16. The summed E-state index contributed by atoms with van der Waals surface area (Å²) in [4.78, 5) is 12.0. The fraction of sp³-hybridized carbons (Fsp3) is 0.333.